The number of hydrogen-bond donors (Lipinski definition) is 0. The molecule has 0 radical (unpaired) electrons. The third kappa shape index (κ3) is 3.69. The molecule has 0 unspecified atom stereocenters. The Morgan fingerprint density at radius 2 is 1.81 bits per heavy atom. The Hall–Kier alpha value is -3.15. The lowest BCUT2D eigenvalue weighted by molar-refractivity contribution is -0.129. The maximum atomic E-state index is 11.7. The van der Waals surface area contributed by atoms with Gasteiger partial charge in [-0.15, -0.1) is 0 Å². The minimum Gasteiger partial charge on any atom is -0.343 e. The smallest absolute Gasteiger partial charge is 0.219 e. The summed E-state index contributed by atoms with van der Waals surface area (Å²) in [4.78, 5) is 31.5. The second kappa shape index (κ2) is 7.61. The minimum absolute atomic E-state index is 0.139. The molecule has 1 fully saturated rings. The van der Waals surface area contributed by atoms with E-state index in [-0.39, 0.29) is 11.8 Å². The molecule has 1 amide bonds. The van der Waals surface area contributed by atoms with Crippen molar-refractivity contribution in [1.82, 2.24) is 24.8 Å². The van der Waals surface area contributed by atoms with Crippen molar-refractivity contribution in [2.45, 2.75) is 25.7 Å². The average Bonchev–Trinajstić information content (AvgIpc) is 2.74. The predicted octanol–water partition coefficient (Wildman–Crippen LogP) is 3.33. The molecule has 0 spiro atoms. The lowest BCUT2D eigenvalue weighted by Gasteiger charge is -2.31. The highest BCUT2D eigenvalue weighted by atomic mass is 16.2. The highest BCUT2D eigenvalue weighted by Gasteiger charge is 2.26. The zero-order valence-electron chi connectivity index (χ0n) is 15.2. The quantitative estimate of drug-likeness (QED) is 0.717. The molecule has 3 aromatic heterocycles. The fourth-order valence-electron chi connectivity index (χ4n) is 3.55. The van der Waals surface area contributed by atoms with Crippen LogP contribution in [0.3, 0.4) is 0 Å². The summed E-state index contributed by atoms with van der Waals surface area (Å²) in [5, 5.41) is 0. The van der Waals surface area contributed by atoms with Crippen molar-refractivity contribution in [1.29, 1.82) is 0 Å². The molecule has 0 N–H and O–H groups in total. The van der Waals surface area contributed by atoms with Crippen LogP contribution in [0.25, 0.3) is 22.6 Å². The SMILES string of the molecule is CC(=O)N1CCC(c2nc(-c3ccccn3)ncc2-c2ccncc2)CC1. The summed E-state index contributed by atoms with van der Waals surface area (Å²) in [6.07, 6.45) is 9.00. The second-order valence-corrected chi connectivity index (χ2v) is 6.72. The normalized spacial score (nSPS) is 14.9. The van der Waals surface area contributed by atoms with E-state index in [4.69, 9.17) is 4.98 Å². The third-order valence-electron chi connectivity index (χ3n) is 5.03. The van der Waals surface area contributed by atoms with E-state index >= 15 is 0 Å². The predicted molar refractivity (Wildman–Crippen MR) is 103 cm³/mol. The number of likely N-dealkylation sites (tertiary alicyclic amines) is 1. The summed E-state index contributed by atoms with van der Waals surface area (Å²) in [6.45, 7) is 3.16. The van der Waals surface area contributed by atoms with Gasteiger partial charge in [0.05, 0.1) is 5.69 Å². The molecule has 6 nitrogen and oxygen atoms in total. The molecule has 4 heterocycles. The van der Waals surface area contributed by atoms with Crippen molar-refractivity contribution in [2.24, 2.45) is 0 Å². The number of piperidine rings is 1. The molecular formula is C21H21N5O. The standard InChI is InChI=1S/C21H21N5O/c1-15(27)26-12-7-17(8-13-26)20-18(16-5-10-22-11-6-16)14-24-21(25-20)19-4-2-3-9-23-19/h2-6,9-11,14,17H,7-8,12-13H2,1H3. The first-order valence-electron chi connectivity index (χ1n) is 9.16. The fraction of sp³-hybridized carbons (Fsp3) is 0.286. The van der Waals surface area contributed by atoms with Gasteiger partial charge in [0.2, 0.25) is 5.91 Å². The molecule has 3 aromatic rings. The molecule has 136 valence electrons. The highest BCUT2D eigenvalue weighted by Crippen LogP contribution is 2.34. The highest BCUT2D eigenvalue weighted by molar-refractivity contribution is 5.73. The molecule has 0 saturated carbocycles. The lowest BCUT2D eigenvalue weighted by Crippen LogP contribution is -2.36. The summed E-state index contributed by atoms with van der Waals surface area (Å²) in [5.74, 6) is 1.06. The van der Waals surface area contributed by atoms with Gasteiger partial charge in [0.15, 0.2) is 5.82 Å². The maximum absolute atomic E-state index is 11.7. The van der Waals surface area contributed by atoms with Crippen LogP contribution in [0, 0.1) is 0 Å². The van der Waals surface area contributed by atoms with Crippen molar-refractivity contribution in [2.75, 3.05) is 13.1 Å². The molecule has 0 atom stereocenters. The summed E-state index contributed by atoms with van der Waals surface area (Å²) in [5.41, 5.74) is 3.88. The topological polar surface area (TPSA) is 71.9 Å². The van der Waals surface area contributed by atoms with Crippen LogP contribution in [0.4, 0.5) is 0 Å². The van der Waals surface area contributed by atoms with Gasteiger partial charge in [0.25, 0.3) is 0 Å². The van der Waals surface area contributed by atoms with Crippen LogP contribution in [-0.2, 0) is 4.79 Å². The Bertz CT molecular complexity index is 922. The number of rotatable bonds is 3. The largest absolute Gasteiger partial charge is 0.343 e. The summed E-state index contributed by atoms with van der Waals surface area (Å²) < 4.78 is 0. The Labute approximate surface area is 158 Å². The number of hydrogen-bond acceptors (Lipinski definition) is 5. The number of carbonyl (C=O) groups is 1. The summed E-state index contributed by atoms with van der Waals surface area (Å²) >= 11 is 0. The van der Waals surface area contributed by atoms with Gasteiger partial charge in [-0.2, -0.15) is 0 Å². The second-order valence-electron chi connectivity index (χ2n) is 6.72. The Morgan fingerprint density at radius 1 is 1.04 bits per heavy atom. The molecule has 0 aromatic carbocycles. The Balaban J connectivity index is 1.73. The first-order chi connectivity index (χ1) is 13.2. The van der Waals surface area contributed by atoms with Crippen LogP contribution in [0.1, 0.15) is 31.4 Å². The van der Waals surface area contributed by atoms with Crippen molar-refractivity contribution in [3.8, 4) is 22.6 Å². The molecule has 1 aliphatic heterocycles. The molecule has 0 aliphatic carbocycles. The van der Waals surface area contributed by atoms with E-state index in [1.165, 1.54) is 0 Å². The number of nitrogens with zero attached hydrogens (tertiary/aromatic N) is 5. The van der Waals surface area contributed by atoms with Crippen LogP contribution >= 0.6 is 0 Å². The van der Waals surface area contributed by atoms with Gasteiger partial charge in [-0.25, -0.2) is 9.97 Å². The van der Waals surface area contributed by atoms with Gasteiger partial charge in [-0.1, -0.05) is 6.07 Å². The van der Waals surface area contributed by atoms with E-state index in [0.717, 1.165) is 48.4 Å². The van der Waals surface area contributed by atoms with Crippen molar-refractivity contribution < 1.29 is 4.79 Å². The summed E-state index contributed by atoms with van der Waals surface area (Å²) in [6, 6.07) is 9.70. The van der Waals surface area contributed by atoms with Gasteiger partial charge < -0.3 is 4.90 Å². The molecule has 0 bridgehead atoms. The van der Waals surface area contributed by atoms with E-state index in [0.29, 0.717) is 5.82 Å². The first-order valence-corrected chi connectivity index (χ1v) is 9.16. The van der Waals surface area contributed by atoms with Crippen LogP contribution in [-0.4, -0.2) is 43.8 Å². The number of aromatic nitrogens is 4. The molecule has 4 rings (SSSR count). The van der Waals surface area contributed by atoms with E-state index in [1.807, 2.05) is 41.4 Å². The Kier molecular flexibility index (Phi) is 4.87. The molecule has 1 saturated heterocycles. The fourth-order valence-corrected chi connectivity index (χ4v) is 3.55. The number of pyridine rings is 2. The third-order valence-corrected chi connectivity index (χ3v) is 5.03. The maximum Gasteiger partial charge on any atom is 0.219 e. The van der Waals surface area contributed by atoms with E-state index < -0.39 is 0 Å². The minimum atomic E-state index is 0.139. The Morgan fingerprint density at radius 3 is 2.48 bits per heavy atom. The van der Waals surface area contributed by atoms with Crippen LogP contribution in [0.15, 0.2) is 55.1 Å². The summed E-state index contributed by atoms with van der Waals surface area (Å²) in [7, 11) is 0. The van der Waals surface area contributed by atoms with Gasteiger partial charge in [0, 0.05) is 56.3 Å². The van der Waals surface area contributed by atoms with Gasteiger partial charge >= 0.3 is 0 Å². The van der Waals surface area contributed by atoms with Gasteiger partial charge in [-0.3, -0.25) is 14.8 Å². The molecule has 6 heteroatoms. The molecular weight excluding hydrogens is 338 g/mol. The van der Waals surface area contributed by atoms with E-state index in [1.54, 1.807) is 25.5 Å². The monoisotopic (exact) mass is 359 g/mol. The van der Waals surface area contributed by atoms with Crippen molar-refractivity contribution in [3.63, 3.8) is 0 Å². The van der Waals surface area contributed by atoms with Crippen molar-refractivity contribution in [3.05, 3.63) is 60.8 Å². The lowest BCUT2D eigenvalue weighted by atomic mass is 9.89. The zero-order valence-corrected chi connectivity index (χ0v) is 15.2. The van der Waals surface area contributed by atoms with Crippen molar-refractivity contribution >= 4 is 5.91 Å². The number of amides is 1. The number of carbonyl (C=O) groups excluding carboxylic acids is 1. The van der Waals surface area contributed by atoms with Crippen LogP contribution < -0.4 is 0 Å². The first kappa shape index (κ1) is 17.3. The molecule has 1 aliphatic rings. The van der Waals surface area contributed by atoms with Crippen LogP contribution in [0.5, 0.6) is 0 Å². The average molecular weight is 359 g/mol. The van der Waals surface area contributed by atoms with Crippen LogP contribution in [0.2, 0.25) is 0 Å². The van der Waals surface area contributed by atoms with E-state index in [2.05, 4.69) is 15.0 Å². The molecule has 27 heavy (non-hydrogen) atoms. The van der Waals surface area contributed by atoms with Gasteiger partial charge in [-0.05, 0) is 42.7 Å². The van der Waals surface area contributed by atoms with Gasteiger partial charge in [0.1, 0.15) is 5.69 Å². The zero-order chi connectivity index (χ0) is 18.6. The van der Waals surface area contributed by atoms with E-state index in [9.17, 15) is 4.79 Å².